The third-order valence-corrected chi connectivity index (χ3v) is 2.42. The first-order valence-electron chi connectivity index (χ1n) is 5.22. The molecule has 0 N–H and O–H groups in total. The maximum Gasteiger partial charge on any atom is 0.152 e. The van der Waals surface area contributed by atoms with Gasteiger partial charge in [-0.1, -0.05) is 30.3 Å². The van der Waals surface area contributed by atoms with E-state index in [4.69, 9.17) is 0 Å². The lowest BCUT2D eigenvalue weighted by Crippen LogP contribution is -2.16. The van der Waals surface area contributed by atoms with Gasteiger partial charge in [0.2, 0.25) is 0 Å². The predicted molar refractivity (Wildman–Crippen MR) is 64.9 cm³/mol. The summed E-state index contributed by atoms with van der Waals surface area (Å²) in [6.07, 6.45) is 2.40. The van der Waals surface area contributed by atoms with Crippen LogP contribution >= 0.6 is 0 Å². The summed E-state index contributed by atoms with van der Waals surface area (Å²) in [6.45, 7) is 5.10. The van der Waals surface area contributed by atoms with Gasteiger partial charge in [0.1, 0.15) is 6.29 Å². The molecule has 0 bridgehead atoms. The van der Waals surface area contributed by atoms with Gasteiger partial charge >= 0.3 is 0 Å². The van der Waals surface area contributed by atoms with Gasteiger partial charge < -0.3 is 4.79 Å². The van der Waals surface area contributed by atoms with E-state index in [1.54, 1.807) is 0 Å². The van der Waals surface area contributed by atoms with Crippen molar-refractivity contribution in [3.05, 3.63) is 42.0 Å². The summed E-state index contributed by atoms with van der Waals surface area (Å²) in [5.41, 5.74) is 1.03. The molecular formula is C14H16O2. The zero-order valence-corrected chi connectivity index (χ0v) is 9.86. The second kappa shape index (κ2) is 4.88. The van der Waals surface area contributed by atoms with Crippen LogP contribution in [0.5, 0.6) is 0 Å². The summed E-state index contributed by atoms with van der Waals surface area (Å²) in [4.78, 5) is 22.3. The fraction of sp³-hybridized carbons (Fsp3) is 0.286. The molecule has 0 amide bonds. The van der Waals surface area contributed by atoms with Gasteiger partial charge in [0.05, 0.1) is 0 Å². The minimum Gasteiger partial charge on any atom is -0.302 e. The third kappa shape index (κ3) is 2.89. The maximum atomic E-state index is 11.2. The van der Waals surface area contributed by atoms with Crippen LogP contribution in [-0.2, 0) is 9.59 Å². The molecule has 0 unspecified atom stereocenters. The van der Waals surface area contributed by atoms with E-state index < -0.39 is 5.41 Å². The second-order valence-corrected chi connectivity index (χ2v) is 4.37. The summed E-state index contributed by atoms with van der Waals surface area (Å²) in [7, 11) is 0. The Morgan fingerprint density at radius 1 is 1.19 bits per heavy atom. The van der Waals surface area contributed by atoms with Crippen LogP contribution in [-0.4, -0.2) is 12.1 Å². The van der Waals surface area contributed by atoms with E-state index in [9.17, 15) is 9.59 Å². The van der Waals surface area contributed by atoms with Crippen molar-refractivity contribution in [2.75, 3.05) is 0 Å². The topological polar surface area (TPSA) is 34.1 Å². The first kappa shape index (κ1) is 12.4. The SMILES string of the molecule is CC(=O)/C=C(/c1ccccc1)C(C)(C)C=O. The van der Waals surface area contributed by atoms with Crippen LogP contribution in [0.2, 0.25) is 0 Å². The molecule has 2 nitrogen and oxygen atoms in total. The van der Waals surface area contributed by atoms with Crippen molar-refractivity contribution in [2.45, 2.75) is 20.8 Å². The summed E-state index contributed by atoms with van der Waals surface area (Å²) in [5, 5.41) is 0. The summed E-state index contributed by atoms with van der Waals surface area (Å²) in [5.74, 6) is -0.0474. The standard InChI is InChI=1S/C14H16O2/c1-11(16)9-13(14(2,3)10-15)12-7-5-4-6-8-12/h4-10H,1-3H3/b13-9-. The van der Waals surface area contributed by atoms with Gasteiger partial charge in [-0.2, -0.15) is 0 Å². The minimum absolute atomic E-state index is 0.0474. The molecule has 1 aromatic carbocycles. The highest BCUT2D eigenvalue weighted by Gasteiger charge is 2.24. The number of rotatable bonds is 4. The van der Waals surface area contributed by atoms with Crippen molar-refractivity contribution in [1.82, 2.24) is 0 Å². The lowest BCUT2D eigenvalue weighted by atomic mass is 9.81. The molecule has 2 heteroatoms. The van der Waals surface area contributed by atoms with Crippen molar-refractivity contribution in [1.29, 1.82) is 0 Å². The van der Waals surface area contributed by atoms with Gasteiger partial charge in [-0.25, -0.2) is 0 Å². The lowest BCUT2D eigenvalue weighted by molar-refractivity contribution is -0.112. The zero-order chi connectivity index (χ0) is 12.2. The first-order chi connectivity index (χ1) is 7.47. The highest BCUT2D eigenvalue weighted by molar-refractivity contribution is 5.99. The molecule has 0 aliphatic rings. The number of hydrogen-bond acceptors (Lipinski definition) is 2. The molecule has 0 aliphatic carbocycles. The lowest BCUT2D eigenvalue weighted by Gasteiger charge is -2.21. The number of benzene rings is 1. The van der Waals surface area contributed by atoms with Crippen LogP contribution in [0.1, 0.15) is 26.3 Å². The fourth-order valence-electron chi connectivity index (χ4n) is 1.53. The number of ketones is 1. The Bertz CT molecular complexity index is 414. The molecule has 1 aromatic rings. The van der Waals surface area contributed by atoms with Crippen molar-refractivity contribution in [2.24, 2.45) is 5.41 Å². The third-order valence-electron chi connectivity index (χ3n) is 2.42. The number of aldehydes is 1. The molecule has 0 heterocycles. The Morgan fingerprint density at radius 3 is 2.19 bits per heavy atom. The highest BCUT2D eigenvalue weighted by Crippen LogP contribution is 2.32. The average molecular weight is 216 g/mol. The molecule has 0 saturated heterocycles. The van der Waals surface area contributed by atoms with Crippen molar-refractivity contribution in [3.8, 4) is 0 Å². The molecule has 0 aromatic heterocycles. The number of allylic oxidation sites excluding steroid dienone is 2. The molecule has 0 saturated carbocycles. The summed E-state index contributed by atoms with van der Waals surface area (Å²) < 4.78 is 0. The Hall–Kier alpha value is -1.70. The predicted octanol–water partition coefficient (Wildman–Crippen LogP) is 2.88. The van der Waals surface area contributed by atoms with E-state index in [2.05, 4.69) is 0 Å². The monoisotopic (exact) mass is 216 g/mol. The van der Waals surface area contributed by atoms with Crippen LogP contribution in [0.15, 0.2) is 36.4 Å². The van der Waals surface area contributed by atoms with Crippen molar-refractivity contribution >= 4 is 17.6 Å². The fourth-order valence-corrected chi connectivity index (χ4v) is 1.53. The van der Waals surface area contributed by atoms with Gasteiger partial charge in [-0.05, 0) is 38.0 Å². The molecule has 0 radical (unpaired) electrons. The Kier molecular flexibility index (Phi) is 3.78. The largest absolute Gasteiger partial charge is 0.302 e. The van der Waals surface area contributed by atoms with Crippen LogP contribution in [0.25, 0.3) is 5.57 Å². The Morgan fingerprint density at radius 2 is 1.75 bits per heavy atom. The molecule has 0 fully saturated rings. The molecule has 0 spiro atoms. The van der Waals surface area contributed by atoms with Crippen LogP contribution < -0.4 is 0 Å². The van der Waals surface area contributed by atoms with Crippen LogP contribution in [0, 0.1) is 5.41 Å². The first-order valence-corrected chi connectivity index (χ1v) is 5.22. The van der Waals surface area contributed by atoms with Crippen LogP contribution in [0.4, 0.5) is 0 Å². The van der Waals surface area contributed by atoms with Gasteiger partial charge in [-0.3, -0.25) is 4.79 Å². The Balaban J connectivity index is 3.28. The van der Waals surface area contributed by atoms with E-state index in [0.717, 1.165) is 17.4 Å². The number of hydrogen-bond donors (Lipinski definition) is 0. The van der Waals surface area contributed by atoms with Gasteiger partial charge in [0.15, 0.2) is 5.78 Å². The second-order valence-electron chi connectivity index (χ2n) is 4.37. The number of carbonyl (C=O) groups is 2. The van der Waals surface area contributed by atoms with Crippen molar-refractivity contribution < 1.29 is 9.59 Å². The molecule has 84 valence electrons. The number of carbonyl (C=O) groups excluding carboxylic acids is 2. The zero-order valence-electron chi connectivity index (χ0n) is 9.86. The van der Waals surface area contributed by atoms with E-state index >= 15 is 0 Å². The molecular weight excluding hydrogens is 200 g/mol. The molecule has 16 heavy (non-hydrogen) atoms. The van der Waals surface area contributed by atoms with Gasteiger partial charge in [-0.15, -0.1) is 0 Å². The van der Waals surface area contributed by atoms with Crippen molar-refractivity contribution in [3.63, 3.8) is 0 Å². The van der Waals surface area contributed by atoms with E-state index in [-0.39, 0.29) is 5.78 Å². The van der Waals surface area contributed by atoms with Gasteiger partial charge in [0.25, 0.3) is 0 Å². The summed E-state index contributed by atoms with van der Waals surface area (Å²) >= 11 is 0. The molecule has 1 rings (SSSR count). The smallest absolute Gasteiger partial charge is 0.152 e. The van der Waals surface area contributed by atoms with Gasteiger partial charge in [0, 0.05) is 5.41 Å². The summed E-state index contributed by atoms with van der Waals surface area (Å²) in [6, 6.07) is 9.50. The normalized spacial score (nSPS) is 12.3. The molecule has 0 aliphatic heterocycles. The highest BCUT2D eigenvalue weighted by atomic mass is 16.1. The van der Waals surface area contributed by atoms with E-state index in [0.29, 0.717) is 0 Å². The average Bonchev–Trinajstić information content (AvgIpc) is 2.27. The van der Waals surface area contributed by atoms with E-state index in [1.807, 2.05) is 44.2 Å². The van der Waals surface area contributed by atoms with Crippen LogP contribution in [0.3, 0.4) is 0 Å². The maximum absolute atomic E-state index is 11.2. The quantitative estimate of drug-likeness (QED) is 0.573. The van der Waals surface area contributed by atoms with E-state index in [1.165, 1.54) is 13.0 Å². The molecule has 0 atom stereocenters. The minimum atomic E-state index is -0.646. The Labute approximate surface area is 96.0 Å².